The Morgan fingerprint density at radius 1 is 1.11 bits per heavy atom. The van der Waals surface area contributed by atoms with Gasteiger partial charge in [0.15, 0.2) is 0 Å². The lowest BCUT2D eigenvalue weighted by Gasteiger charge is -2.27. The highest BCUT2D eigenvalue weighted by atomic mass is 15.2. The van der Waals surface area contributed by atoms with E-state index in [1.54, 1.807) is 6.08 Å². The van der Waals surface area contributed by atoms with Crippen molar-refractivity contribution in [1.29, 1.82) is 0 Å². The number of nitrogens with zero attached hydrogens (tertiary/aromatic N) is 1. The van der Waals surface area contributed by atoms with Gasteiger partial charge in [0.05, 0.1) is 0 Å². The summed E-state index contributed by atoms with van der Waals surface area (Å²) in [6.07, 6.45) is 16.8. The first-order valence-corrected chi connectivity index (χ1v) is 10.5. The van der Waals surface area contributed by atoms with Gasteiger partial charge >= 0.3 is 0 Å². The lowest BCUT2D eigenvalue weighted by atomic mass is 9.91. The second kappa shape index (κ2) is 14.8. The minimum Gasteiger partial charge on any atom is -0.367 e. The summed E-state index contributed by atoms with van der Waals surface area (Å²) in [6, 6.07) is 0. The molecule has 0 bridgehead atoms. The lowest BCUT2D eigenvalue weighted by Crippen LogP contribution is -2.29. The second-order valence-electron chi connectivity index (χ2n) is 7.22. The van der Waals surface area contributed by atoms with Crippen molar-refractivity contribution in [1.82, 2.24) is 10.2 Å². The van der Waals surface area contributed by atoms with Crippen LogP contribution in [-0.2, 0) is 0 Å². The molecule has 0 aromatic heterocycles. The fourth-order valence-corrected chi connectivity index (χ4v) is 3.01. The van der Waals surface area contributed by atoms with Gasteiger partial charge in [-0.3, -0.25) is 0 Å². The van der Waals surface area contributed by atoms with E-state index >= 15 is 0 Å². The molecule has 0 aromatic rings. The molecular weight excluding hydrogens is 340 g/mol. The quantitative estimate of drug-likeness (QED) is 0.317. The first-order chi connectivity index (χ1) is 13.4. The van der Waals surface area contributed by atoms with Gasteiger partial charge in [-0.15, -0.1) is 0 Å². The van der Waals surface area contributed by atoms with E-state index < -0.39 is 0 Å². The van der Waals surface area contributed by atoms with Crippen LogP contribution in [0.25, 0.3) is 0 Å². The molecule has 28 heavy (non-hydrogen) atoms. The van der Waals surface area contributed by atoms with Gasteiger partial charge in [-0.05, 0) is 62.3 Å². The van der Waals surface area contributed by atoms with Gasteiger partial charge in [-0.2, -0.15) is 0 Å². The molecule has 0 rings (SSSR count). The van der Waals surface area contributed by atoms with E-state index in [-0.39, 0.29) is 0 Å². The summed E-state index contributed by atoms with van der Waals surface area (Å²) in [4.78, 5) is 2.20. The maximum absolute atomic E-state index is 4.41. The molecule has 0 saturated carbocycles. The topological polar surface area (TPSA) is 15.3 Å². The number of nitrogens with one attached hydrogen (secondary N) is 1. The lowest BCUT2D eigenvalue weighted by molar-refractivity contribution is 0.465. The molecule has 0 aromatic carbocycles. The van der Waals surface area contributed by atoms with Gasteiger partial charge in [-0.25, -0.2) is 0 Å². The van der Waals surface area contributed by atoms with Crippen molar-refractivity contribution in [2.24, 2.45) is 5.92 Å². The summed E-state index contributed by atoms with van der Waals surface area (Å²) in [5.74, 6) is 1.60. The van der Waals surface area contributed by atoms with Crippen LogP contribution < -0.4 is 5.32 Å². The van der Waals surface area contributed by atoms with E-state index in [0.29, 0.717) is 5.92 Å². The van der Waals surface area contributed by atoms with Crippen molar-refractivity contribution in [2.75, 3.05) is 13.6 Å². The largest absolute Gasteiger partial charge is 0.367 e. The Labute approximate surface area is 174 Å². The fraction of sp³-hybridized carbons (Fsp3) is 0.462. The normalized spacial score (nSPS) is 13.5. The van der Waals surface area contributed by atoms with Crippen molar-refractivity contribution < 1.29 is 0 Å². The molecular formula is C26H42N2. The molecule has 0 saturated heterocycles. The zero-order valence-corrected chi connectivity index (χ0v) is 19.1. The average molecular weight is 383 g/mol. The Bertz CT molecular complexity index is 623. The van der Waals surface area contributed by atoms with Crippen LogP contribution >= 0.6 is 0 Å². The third kappa shape index (κ3) is 9.12. The molecule has 0 amide bonds. The zero-order valence-electron chi connectivity index (χ0n) is 19.1. The molecule has 156 valence electrons. The Balaban J connectivity index is 5.76. The van der Waals surface area contributed by atoms with Crippen LogP contribution in [0.1, 0.15) is 60.3 Å². The predicted molar refractivity (Wildman–Crippen MR) is 128 cm³/mol. The monoisotopic (exact) mass is 382 g/mol. The van der Waals surface area contributed by atoms with E-state index in [4.69, 9.17) is 0 Å². The first-order valence-electron chi connectivity index (χ1n) is 10.5. The Morgan fingerprint density at radius 2 is 1.71 bits per heavy atom. The maximum Gasteiger partial charge on any atom is 0.106 e. The van der Waals surface area contributed by atoms with Crippen LogP contribution in [0.3, 0.4) is 0 Å². The van der Waals surface area contributed by atoms with Gasteiger partial charge < -0.3 is 10.2 Å². The first kappa shape index (κ1) is 25.8. The summed E-state index contributed by atoms with van der Waals surface area (Å²) in [5, 5.41) is 3.61. The van der Waals surface area contributed by atoms with Gasteiger partial charge in [0.1, 0.15) is 5.82 Å². The number of hydrogen-bond donors (Lipinski definition) is 1. The maximum atomic E-state index is 4.41. The van der Waals surface area contributed by atoms with Crippen molar-refractivity contribution >= 4 is 0 Å². The standard InChI is InChI=1S/C26H42N2/c1-10-15-18-24(14-5)20-27-26(28(9)23(8)21(6)13-4)19-22(7)25(16-11-2)17-12-3/h10,13-15,18-19,25,27H,1,4,7,11-12,16-17,20H2,2-3,5-6,8-9H3/b18-15-,23-21-,24-14+,26-19-. The molecule has 2 nitrogen and oxygen atoms in total. The highest BCUT2D eigenvalue weighted by Gasteiger charge is 2.13. The van der Waals surface area contributed by atoms with Gasteiger partial charge in [0, 0.05) is 19.3 Å². The van der Waals surface area contributed by atoms with E-state index in [2.05, 4.69) is 89.8 Å². The Morgan fingerprint density at radius 3 is 2.18 bits per heavy atom. The summed E-state index contributed by atoms with van der Waals surface area (Å²) in [6.45, 7) is 23.6. The minimum absolute atomic E-state index is 0.534. The molecule has 0 fully saturated rings. The van der Waals surface area contributed by atoms with Gasteiger partial charge in [-0.1, -0.05) is 76.8 Å². The fourth-order valence-electron chi connectivity index (χ4n) is 3.01. The smallest absolute Gasteiger partial charge is 0.106 e. The summed E-state index contributed by atoms with van der Waals surface area (Å²) in [5.41, 5.74) is 4.75. The van der Waals surface area contributed by atoms with E-state index in [1.165, 1.54) is 42.5 Å². The molecule has 0 radical (unpaired) electrons. The highest BCUT2D eigenvalue weighted by Crippen LogP contribution is 2.24. The van der Waals surface area contributed by atoms with Crippen molar-refractivity contribution in [3.05, 3.63) is 84.4 Å². The van der Waals surface area contributed by atoms with Crippen LogP contribution in [0.5, 0.6) is 0 Å². The van der Waals surface area contributed by atoms with E-state index in [9.17, 15) is 0 Å². The third-order valence-corrected chi connectivity index (χ3v) is 5.15. The molecule has 0 spiro atoms. The molecule has 2 heteroatoms. The summed E-state index contributed by atoms with van der Waals surface area (Å²) >= 11 is 0. The van der Waals surface area contributed by atoms with Crippen molar-refractivity contribution in [3.63, 3.8) is 0 Å². The molecule has 0 atom stereocenters. The SMILES string of the molecule is C=C/C=C\C(=C/C)CN/C(=C/C(=C)C(CCC)CCC)N(C)/C(C)=C(/C)C=C. The van der Waals surface area contributed by atoms with Crippen molar-refractivity contribution in [2.45, 2.75) is 60.3 Å². The number of rotatable bonds is 14. The number of hydrogen-bond acceptors (Lipinski definition) is 2. The van der Waals surface area contributed by atoms with Crippen LogP contribution in [0, 0.1) is 5.92 Å². The highest BCUT2D eigenvalue weighted by molar-refractivity contribution is 5.29. The van der Waals surface area contributed by atoms with Crippen LogP contribution in [0.4, 0.5) is 0 Å². The van der Waals surface area contributed by atoms with Gasteiger partial charge in [0.2, 0.25) is 0 Å². The summed E-state index contributed by atoms with van der Waals surface area (Å²) in [7, 11) is 2.10. The van der Waals surface area contributed by atoms with Crippen LogP contribution in [0.2, 0.25) is 0 Å². The molecule has 0 aliphatic carbocycles. The molecule has 0 aliphatic rings. The third-order valence-electron chi connectivity index (χ3n) is 5.15. The van der Waals surface area contributed by atoms with Crippen LogP contribution in [-0.4, -0.2) is 18.5 Å². The Hall–Kier alpha value is -2.22. The van der Waals surface area contributed by atoms with E-state index in [1.807, 2.05) is 12.2 Å². The van der Waals surface area contributed by atoms with E-state index in [0.717, 1.165) is 17.9 Å². The average Bonchev–Trinajstić information content (AvgIpc) is 2.70. The number of allylic oxidation sites excluding steroid dienone is 8. The van der Waals surface area contributed by atoms with Gasteiger partial charge in [0.25, 0.3) is 0 Å². The summed E-state index contributed by atoms with van der Waals surface area (Å²) < 4.78 is 0. The van der Waals surface area contributed by atoms with Crippen molar-refractivity contribution in [3.8, 4) is 0 Å². The second-order valence-corrected chi connectivity index (χ2v) is 7.22. The molecule has 0 unspecified atom stereocenters. The molecule has 0 aliphatic heterocycles. The zero-order chi connectivity index (χ0) is 21.5. The minimum atomic E-state index is 0.534. The predicted octanol–water partition coefficient (Wildman–Crippen LogP) is 7.29. The van der Waals surface area contributed by atoms with Crippen LogP contribution in [0.15, 0.2) is 84.4 Å². The Kier molecular flexibility index (Phi) is 13.6. The molecule has 1 N–H and O–H groups in total. The molecule has 0 heterocycles.